The molecule has 3 nitrogen and oxygen atoms in total. The van der Waals surface area contributed by atoms with Gasteiger partial charge in [-0.15, -0.1) is 0 Å². The number of rotatable bonds is 6. The molecule has 1 aliphatic heterocycles. The maximum atomic E-state index is 5.41. The van der Waals surface area contributed by atoms with Crippen molar-refractivity contribution in [3.8, 4) is 0 Å². The lowest BCUT2D eigenvalue weighted by Crippen LogP contribution is -2.35. The SMILES string of the molecule is Cc1cc(C)c(CNCc2ccc(CN3CCOCC3)cc2)cc1C. The Labute approximate surface area is 152 Å². The van der Waals surface area contributed by atoms with Gasteiger partial charge in [-0.2, -0.15) is 0 Å². The molecule has 1 aliphatic rings. The highest BCUT2D eigenvalue weighted by atomic mass is 16.5. The van der Waals surface area contributed by atoms with Crippen LogP contribution in [0.3, 0.4) is 0 Å². The lowest BCUT2D eigenvalue weighted by molar-refractivity contribution is 0.0342. The second-order valence-electron chi connectivity index (χ2n) is 7.17. The molecule has 3 heteroatoms. The van der Waals surface area contributed by atoms with Crippen molar-refractivity contribution < 1.29 is 4.74 Å². The van der Waals surface area contributed by atoms with Crippen molar-refractivity contribution in [2.45, 2.75) is 40.4 Å². The summed E-state index contributed by atoms with van der Waals surface area (Å²) in [6, 6.07) is 13.6. The molecule has 1 fully saturated rings. The fourth-order valence-electron chi connectivity index (χ4n) is 3.33. The summed E-state index contributed by atoms with van der Waals surface area (Å²) in [5, 5.41) is 3.58. The maximum Gasteiger partial charge on any atom is 0.0594 e. The van der Waals surface area contributed by atoms with Gasteiger partial charge in [-0.05, 0) is 54.2 Å². The van der Waals surface area contributed by atoms with Crippen LogP contribution in [0.15, 0.2) is 36.4 Å². The van der Waals surface area contributed by atoms with Gasteiger partial charge in [0.25, 0.3) is 0 Å². The third kappa shape index (κ3) is 5.15. The van der Waals surface area contributed by atoms with Gasteiger partial charge in [0, 0.05) is 32.7 Å². The fourth-order valence-corrected chi connectivity index (χ4v) is 3.33. The van der Waals surface area contributed by atoms with Crippen LogP contribution in [0.25, 0.3) is 0 Å². The Kier molecular flexibility index (Phi) is 6.24. The lowest BCUT2D eigenvalue weighted by Gasteiger charge is -2.26. The molecule has 0 aromatic heterocycles. The molecule has 2 aromatic carbocycles. The van der Waals surface area contributed by atoms with Crippen LogP contribution in [0, 0.1) is 20.8 Å². The van der Waals surface area contributed by atoms with Crippen LogP contribution < -0.4 is 5.32 Å². The zero-order valence-electron chi connectivity index (χ0n) is 15.8. The van der Waals surface area contributed by atoms with Gasteiger partial charge in [-0.1, -0.05) is 36.4 Å². The van der Waals surface area contributed by atoms with Crippen molar-refractivity contribution in [2.75, 3.05) is 26.3 Å². The molecule has 0 spiro atoms. The maximum absolute atomic E-state index is 5.41. The Bertz CT molecular complexity index is 688. The van der Waals surface area contributed by atoms with Crippen LogP contribution in [0.1, 0.15) is 33.4 Å². The molecule has 1 heterocycles. The van der Waals surface area contributed by atoms with Gasteiger partial charge < -0.3 is 10.1 Å². The topological polar surface area (TPSA) is 24.5 Å². The smallest absolute Gasteiger partial charge is 0.0594 e. The van der Waals surface area contributed by atoms with Crippen molar-refractivity contribution in [2.24, 2.45) is 0 Å². The summed E-state index contributed by atoms with van der Waals surface area (Å²) in [5.74, 6) is 0. The number of nitrogens with one attached hydrogen (secondary N) is 1. The number of hydrogen-bond acceptors (Lipinski definition) is 3. The molecular formula is C22H30N2O. The summed E-state index contributed by atoms with van der Waals surface area (Å²) >= 11 is 0. The van der Waals surface area contributed by atoms with Crippen molar-refractivity contribution in [3.05, 3.63) is 69.8 Å². The van der Waals surface area contributed by atoms with Crippen LogP contribution in [0.4, 0.5) is 0 Å². The average molecular weight is 338 g/mol. The highest BCUT2D eigenvalue weighted by molar-refractivity contribution is 5.36. The molecule has 1 saturated heterocycles. The summed E-state index contributed by atoms with van der Waals surface area (Å²) in [6.07, 6.45) is 0. The van der Waals surface area contributed by atoms with Gasteiger partial charge >= 0.3 is 0 Å². The minimum atomic E-state index is 0.861. The Morgan fingerprint density at radius 2 is 1.48 bits per heavy atom. The first-order chi connectivity index (χ1) is 12.1. The average Bonchev–Trinajstić information content (AvgIpc) is 2.62. The van der Waals surface area contributed by atoms with Gasteiger partial charge in [0.15, 0.2) is 0 Å². The number of nitrogens with zero attached hydrogens (tertiary/aromatic N) is 1. The highest BCUT2D eigenvalue weighted by Gasteiger charge is 2.10. The second-order valence-corrected chi connectivity index (χ2v) is 7.17. The van der Waals surface area contributed by atoms with E-state index in [2.05, 4.69) is 67.4 Å². The standard InChI is InChI=1S/C22H30N2O/c1-17-12-19(3)22(13-18(17)2)15-23-14-20-4-6-21(7-5-20)16-24-8-10-25-11-9-24/h4-7,12-13,23H,8-11,14-16H2,1-3H3. The highest BCUT2D eigenvalue weighted by Crippen LogP contribution is 2.15. The molecule has 3 rings (SSSR count). The molecule has 1 N–H and O–H groups in total. The number of aryl methyl sites for hydroxylation is 3. The van der Waals surface area contributed by atoms with E-state index in [-0.39, 0.29) is 0 Å². The Balaban J connectivity index is 1.49. The minimum Gasteiger partial charge on any atom is -0.379 e. The molecule has 0 bridgehead atoms. The molecule has 0 radical (unpaired) electrons. The summed E-state index contributed by atoms with van der Waals surface area (Å²) in [6.45, 7) is 13.2. The molecule has 0 atom stereocenters. The van der Waals surface area contributed by atoms with Crippen molar-refractivity contribution in [3.63, 3.8) is 0 Å². The van der Waals surface area contributed by atoms with Crippen LogP contribution in [-0.4, -0.2) is 31.2 Å². The molecule has 25 heavy (non-hydrogen) atoms. The zero-order valence-corrected chi connectivity index (χ0v) is 15.8. The van der Waals surface area contributed by atoms with E-state index in [9.17, 15) is 0 Å². The summed E-state index contributed by atoms with van der Waals surface area (Å²) in [5.41, 5.74) is 8.23. The number of morpholine rings is 1. The minimum absolute atomic E-state index is 0.861. The summed E-state index contributed by atoms with van der Waals surface area (Å²) in [4.78, 5) is 2.46. The van der Waals surface area contributed by atoms with Gasteiger partial charge in [-0.3, -0.25) is 4.90 Å². The molecular weight excluding hydrogens is 308 g/mol. The van der Waals surface area contributed by atoms with E-state index < -0.39 is 0 Å². The summed E-state index contributed by atoms with van der Waals surface area (Å²) < 4.78 is 5.41. The van der Waals surface area contributed by atoms with E-state index in [1.54, 1.807) is 0 Å². The van der Waals surface area contributed by atoms with Crippen molar-refractivity contribution in [1.29, 1.82) is 0 Å². The number of ether oxygens (including phenoxy) is 1. The van der Waals surface area contributed by atoms with Gasteiger partial charge in [0.2, 0.25) is 0 Å². The zero-order chi connectivity index (χ0) is 17.6. The Morgan fingerprint density at radius 1 is 0.840 bits per heavy atom. The van der Waals surface area contributed by atoms with Crippen LogP contribution >= 0.6 is 0 Å². The van der Waals surface area contributed by atoms with E-state index in [4.69, 9.17) is 4.74 Å². The molecule has 134 valence electrons. The van der Waals surface area contributed by atoms with E-state index >= 15 is 0 Å². The van der Waals surface area contributed by atoms with Gasteiger partial charge in [0.1, 0.15) is 0 Å². The predicted octanol–water partition coefficient (Wildman–Crippen LogP) is 3.73. The molecule has 2 aromatic rings. The lowest BCUT2D eigenvalue weighted by atomic mass is 10.0. The van der Waals surface area contributed by atoms with Gasteiger partial charge in [-0.25, -0.2) is 0 Å². The normalized spacial score (nSPS) is 15.5. The van der Waals surface area contributed by atoms with E-state index in [1.807, 2.05) is 0 Å². The van der Waals surface area contributed by atoms with Crippen molar-refractivity contribution >= 4 is 0 Å². The predicted molar refractivity (Wildman–Crippen MR) is 104 cm³/mol. The molecule has 0 aliphatic carbocycles. The van der Waals surface area contributed by atoms with Crippen LogP contribution in [0.5, 0.6) is 0 Å². The monoisotopic (exact) mass is 338 g/mol. The van der Waals surface area contributed by atoms with Crippen LogP contribution in [-0.2, 0) is 24.4 Å². The Hall–Kier alpha value is -1.68. The number of hydrogen-bond donors (Lipinski definition) is 1. The largest absolute Gasteiger partial charge is 0.379 e. The third-order valence-corrected chi connectivity index (χ3v) is 5.13. The Morgan fingerprint density at radius 3 is 2.20 bits per heavy atom. The number of benzene rings is 2. The summed E-state index contributed by atoms with van der Waals surface area (Å²) in [7, 11) is 0. The fraction of sp³-hybridized carbons (Fsp3) is 0.455. The van der Waals surface area contributed by atoms with Crippen LogP contribution in [0.2, 0.25) is 0 Å². The second kappa shape index (κ2) is 8.61. The molecule has 0 amide bonds. The first kappa shape index (κ1) is 18.1. The first-order valence-electron chi connectivity index (χ1n) is 9.27. The quantitative estimate of drug-likeness (QED) is 0.868. The third-order valence-electron chi connectivity index (χ3n) is 5.13. The van der Waals surface area contributed by atoms with E-state index in [1.165, 1.54) is 33.4 Å². The van der Waals surface area contributed by atoms with Crippen molar-refractivity contribution in [1.82, 2.24) is 10.2 Å². The molecule has 0 saturated carbocycles. The van der Waals surface area contributed by atoms with E-state index in [0.717, 1.165) is 45.9 Å². The van der Waals surface area contributed by atoms with E-state index in [0.29, 0.717) is 0 Å². The van der Waals surface area contributed by atoms with Gasteiger partial charge in [0.05, 0.1) is 13.2 Å². The molecule has 0 unspecified atom stereocenters. The first-order valence-corrected chi connectivity index (χ1v) is 9.27.